The van der Waals surface area contributed by atoms with Crippen molar-refractivity contribution < 1.29 is 0 Å². The van der Waals surface area contributed by atoms with Crippen molar-refractivity contribution in [1.82, 2.24) is 10.2 Å². The quantitative estimate of drug-likeness (QED) is 0.703. The number of thioether (sulfide) groups is 1. The van der Waals surface area contributed by atoms with Crippen LogP contribution in [-0.4, -0.2) is 48.6 Å². The van der Waals surface area contributed by atoms with Crippen LogP contribution in [0, 0.1) is 5.92 Å². The standard InChI is InChI=1S/C12H26N2S/c1-4-15-9-5-7-14-8-6-13-10-12(14)11(2)3/h11-13H,4-10H2,1-3H3. The van der Waals surface area contributed by atoms with Crippen molar-refractivity contribution in [3.63, 3.8) is 0 Å². The van der Waals surface area contributed by atoms with Crippen molar-refractivity contribution in [2.45, 2.75) is 33.2 Å². The maximum atomic E-state index is 3.50. The molecule has 1 atom stereocenters. The van der Waals surface area contributed by atoms with Gasteiger partial charge in [0.1, 0.15) is 0 Å². The lowest BCUT2D eigenvalue weighted by atomic mass is 10.0. The highest BCUT2D eigenvalue weighted by atomic mass is 32.2. The zero-order chi connectivity index (χ0) is 11.1. The molecule has 0 bridgehead atoms. The molecule has 1 saturated heterocycles. The van der Waals surface area contributed by atoms with Gasteiger partial charge in [-0.1, -0.05) is 20.8 Å². The average Bonchev–Trinajstić information content (AvgIpc) is 2.25. The summed E-state index contributed by atoms with van der Waals surface area (Å²) < 4.78 is 0. The predicted octanol–water partition coefficient (Wildman–Crippen LogP) is 2.06. The van der Waals surface area contributed by atoms with Gasteiger partial charge in [0.25, 0.3) is 0 Å². The molecule has 0 aromatic carbocycles. The summed E-state index contributed by atoms with van der Waals surface area (Å²) in [5.41, 5.74) is 0. The van der Waals surface area contributed by atoms with E-state index < -0.39 is 0 Å². The molecular weight excluding hydrogens is 204 g/mol. The molecule has 0 amide bonds. The zero-order valence-corrected chi connectivity index (χ0v) is 11.3. The van der Waals surface area contributed by atoms with Crippen molar-refractivity contribution >= 4 is 11.8 Å². The van der Waals surface area contributed by atoms with Gasteiger partial charge in [0.05, 0.1) is 0 Å². The average molecular weight is 230 g/mol. The molecule has 90 valence electrons. The highest BCUT2D eigenvalue weighted by Crippen LogP contribution is 2.14. The highest BCUT2D eigenvalue weighted by Gasteiger charge is 2.23. The van der Waals surface area contributed by atoms with Crippen molar-refractivity contribution in [2.75, 3.05) is 37.7 Å². The van der Waals surface area contributed by atoms with Crippen LogP contribution in [0.4, 0.5) is 0 Å². The van der Waals surface area contributed by atoms with Crippen LogP contribution in [0.1, 0.15) is 27.2 Å². The highest BCUT2D eigenvalue weighted by molar-refractivity contribution is 7.99. The number of nitrogens with one attached hydrogen (secondary N) is 1. The molecule has 15 heavy (non-hydrogen) atoms. The summed E-state index contributed by atoms with van der Waals surface area (Å²) in [6.07, 6.45) is 1.35. The fraction of sp³-hybridized carbons (Fsp3) is 1.00. The van der Waals surface area contributed by atoms with Gasteiger partial charge in [0.15, 0.2) is 0 Å². The van der Waals surface area contributed by atoms with E-state index in [1.807, 2.05) is 0 Å². The first-order valence-corrected chi connectivity index (χ1v) is 7.43. The molecule has 0 aromatic heterocycles. The molecule has 1 aliphatic heterocycles. The largest absolute Gasteiger partial charge is 0.314 e. The van der Waals surface area contributed by atoms with Crippen molar-refractivity contribution in [3.05, 3.63) is 0 Å². The molecule has 1 unspecified atom stereocenters. The van der Waals surface area contributed by atoms with Crippen LogP contribution in [0.2, 0.25) is 0 Å². The van der Waals surface area contributed by atoms with Crippen LogP contribution in [0.3, 0.4) is 0 Å². The van der Waals surface area contributed by atoms with Crippen molar-refractivity contribution in [2.24, 2.45) is 5.92 Å². The minimum absolute atomic E-state index is 0.755. The van der Waals surface area contributed by atoms with E-state index in [1.165, 1.54) is 44.1 Å². The maximum Gasteiger partial charge on any atom is 0.0244 e. The third kappa shape index (κ3) is 4.75. The number of hydrogen-bond donors (Lipinski definition) is 1. The third-order valence-corrected chi connectivity index (χ3v) is 4.09. The zero-order valence-electron chi connectivity index (χ0n) is 10.5. The lowest BCUT2D eigenvalue weighted by Gasteiger charge is -2.38. The fourth-order valence-electron chi connectivity index (χ4n) is 2.22. The van der Waals surface area contributed by atoms with Crippen LogP contribution >= 0.6 is 11.8 Å². The summed E-state index contributed by atoms with van der Waals surface area (Å²) in [5, 5.41) is 3.50. The molecule has 0 aromatic rings. The van der Waals surface area contributed by atoms with E-state index >= 15 is 0 Å². The Balaban J connectivity index is 2.23. The predicted molar refractivity (Wildman–Crippen MR) is 70.7 cm³/mol. The number of hydrogen-bond acceptors (Lipinski definition) is 3. The molecule has 1 fully saturated rings. The lowest BCUT2D eigenvalue weighted by molar-refractivity contribution is 0.125. The molecule has 0 spiro atoms. The summed E-state index contributed by atoms with van der Waals surface area (Å²) in [6.45, 7) is 11.8. The van der Waals surface area contributed by atoms with Crippen LogP contribution in [0.25, 0.3) is 0 Å². The van der Waals surface area contributed by atoms with Gasteiger partial charge >= 0.3 is 0 Å². The molecule has 2 nitrogen and oxygen atoms in total. The fourth-order valence-corrected chi connectivity index (χ4v) is 2.84. The van der Waals surface area contributed by atoms with E-state index in [9.17, 15) is 0 Å². The van der Waals surface area contributed by atoms with Gasteiger partial charge in [0.2, 0.25) is 0 Å². The SMILES string of the molecule is CCSCCCN1CCNCC1C(C)C. The van der Waals surface area contributed by atoms with E-state index in [0.29, 0.717) is 0 Å². The lowest BCUT2D eigenvalue weighted by Crippen LogP contribution is -2.53. The molecule has 3 heteroatoms. The smallest absolute Gasteiger partial charge is 0.0244 e. The van der Waals surface area contributed by atoms with E-state index in [1.54, 1.807) is 0 Å². The van der Waals surface area contributed by atoms with Gasteiger partial charge < -0.3 is 5.32 Å². The second-order valence-corrected chi connectivity index (χ2v) is 6.00. The molecular formula is C12H26N2S. The van der Waals surface area contributed by atoms with E-state index in [4.69, 9.17) is 0 Å². The van der Waals surface area contributed by atoms with Gasteiger partial charge in [0, 0.05) is 25.7 Å². The van der Waals surface area contributed by atoms with Gasteiger partial charge in [-0.2, -0.15) is 11.8 Å². The number of rotatable bonds is 6. The van der Waals surface area contributed by atoms with E-state index in [-0.39, 0.29) is 0 Å². The Morgan fingerprint density at radius 3 is 2.93 bits per heavy atom. The Labute approximate surface area is 99.2 Å². The summed E-state index contributed by atoms with van der Waals surface area (Å²) in [7, 11) is 0. The Morgan fingerprint density at radius 1 is 1.47 bits per heavy atom. The normalized spacial score (nSPS) is 23.6. The maximum absolute atomic E-state index is 3.50. The van der Waals surface area contributed by atoms with E-state index in [0.717, 1.165) is 12.0 Å². The summed E-state index contributed by atoms with van der Waals surface area (Å²) in [5.74, 6) is 3.36. The Hall–Kier alpha value is 0.270. The second kappa shape index (κ2) is 7.53. The summed E-state index contributed by atoms with van der Waals surface area (Å²) in [6, 6.07) is 0.755. The molecule has 0 radical (unpaired) electrons. The minimum atomic E-state index is 0.755. The van der Waals surface area contributed by atoms with Gasteiger partial charge in [-0.3, -0.25) is 4.90 Å². The third-order valence-electron chi connectivity index (χ3n) is 3.11. The summed E-state index contributed by atoms with van der Waals surface area (Å²) >= 11 is 2.06. The van der Waals surface area contributed by atoms with Gasteiger partial charge in [-0.15, -0.1) is 0 Å². The molecule has 0 saturated carbocycles. The minimum Gasteiger partial charge on any atom is -0.314 e. The Kier molecular flexibility index (Phi) is 6.69. The van der Waals surface area contributed by atoms with Crippen LogP contribution in [-0.2, 0) is 0 Å². The topological polar surface area (TPSA) is 15.3 Å². The van der Waals surface area contributed by atoms with E-state index in [2.05, 4.69) is 42.7 Å². The molecule has 1 heterocycles. The van der Waals surface area contributed by atoms with Crippen LogP contribution in [0.5, 0.6) is 0 Å². The van der Waals surface area contributed by atoms with Crippen LogP contribution in [0.15, 0.2) is 0 Å². The van der Waals surface area contributed by atoms with Gasteiger partial charge in [-0.05, 0) is 30.4 Å². The molecule has 1 rings (SSSR count). The molecule has 1 N–H and O–H groups in total. The van der Waals surface area contributed by atoms with Gasteiger partial charge in [-0.25, -0.2) is 0 Å². The number of nitrogens with zero attached hydrogens (tertiary/aromatic N) is 1. The molecule has 1 aliphatic rings. The first kappa shape index (κ1) is 13.3. The second-order valence-electron chi connectivity index (χ2n) is 4.60. The van der Waals surface area contributed by atoms with Crippen molar-refractivity contribution in [3.8, 4) is 0 Å². The van der Waals surface area contributed by atoms with Crippen LogP contribution < -0.4 is 5.32 Å². The molecule has 0 aliphatic carbocycles. The first-order chi connectivity index (χ1) is 7.25. The monoisotopic (exact) mass is 230 g/mol. The summed E-state index contributed by atoms with van der Waals surface area (Å²) in [4.78, 5) is 2.68. The first-order valence-electron chi connectivity index (χ1n) is 6.28. The van der Waals surface area contributed by atoms with Crippen molar-refractivity contribution in [1.29, 1.82) is 0 Å². The Bertz CT molecular complexity index is 162. The number of piperazine rings is 1. The Morgan fingerprint density at radius 2 is 2.27 bits per heavy atom.